The molecule has 0 bridgehead atoms. The maximum atomic E-state index is 5.54. The molecule has 1 unspecified atom stereocenters. The minimum atomic E-state index is 0.0417. The zero-order valence-corrected chi connectivity index (χ0v) is 7.22. The third-order valence-electron chi connectivity index (χ3n) is 1.50. The van der Waals surface area contributed by atoms with E-state index in [4.69, 9.17) is 5.73 Å². The average molecular weight is 176 g/mol. The second-order valence-electron chi connectivity index (χ2n) is 2.51. The van der Waals surface area contributed by atoms with Gasteiger partial charge in [-0.15, -0.1) is 5.10 Å². The fourth-order valence-electron chi connectivity index (χ4n) is 0.764. The van der Waals surface area contributed by atoms with Crippen LogP contribution in [0.25, 0.3) is 0 Å². The standard InChI is InChI=1S/C7H9N.C2H3N3/c1-6-4-2-3-5-7(6)8;1-2-4-5-3-1/h2-5,7H,1,8H2;1-2H,(H,3,4,5). The van der Waals surface area contributed by atoms with E-state index < -0.39 is 0 Å². The number of aromatic amines is 1. The lowest BCUT2D eigenvalue weighted by atomic mass is 10.1. The van der Waals surface area contributed by atoms with Crippen molar-refractivity contribution in [2.24, 2.45) is 5.73 Å². The van der Waals surface area contributed by atoms with E-state index in [1.165, 1.54) is 0 Å². The summed E-state index contributed by atoms with van der Waals surface area (Å²) in [5.41, 5.74) is 6.52. The monoisotopic (exact) mass is 176 g/mol. The molecule has 2 rings (SSSR count). The maximum absolute atomic E-state index is 5.54. The van der Waals surface area contributed by atoms with E-state index in [2.05, 4.69) is 22.0 Å². The Morgan fingerprint density at radius 1 is 1.46 bits per heavy atom. The van der Waals surface area contributed by atoms with Crippen molar-refractivity contribution in [2.75, 3.05) is 0 Å². The first-order chi connectivity index (χ1) is 6.30. The van der Waals surface area contributed by atoms with Crippen molar-refractivity contribution in [3.05, 3.63) is 48.8 Å². The highest BCUT2D eigenvalue weighted by Crippen LogP contribution is 2.04. The molecule has 1 aliphatic carbocycles. The van der Waals surface area contributed by atoms with Gasteiger partial charge in [-0.25, -0.2) is 0 Å². The van der Waals surface area contributed by atoms with Gasteiger partial charge < -0.3 is 5.73 Å². The summed E-state index contributed by atoms with van der Waals surface area (Å²) >= 11 is 0. The van der Waals surface area contributed by atoms with E-state index in [0.29, 0.717) is 0 Å². The lowest BCUT2D eigenvalue weighted by Gasteiger charge is -2.07. The lowest BCUT2D eigenvalue weighted by Crippen LogP contribution is -2.18. The van der Waals surface area contributed by atoms with Crippen LogP contribution < -0.4 is 5.73 Å². The number of nitrogens with zero attached hydrogens (tertiary/aromatic N) is 2. The topological polar surface area (TPSA) is 67.6 Å². The number of H-pyrrole nitrogens is 1. The molecule has 0 aliphatic heterocycles. The molecule has 0 saturated heterocycles. The second-order valence-corrected chi connectivity index (χ2v) is 2.51. The van der Waals surface area contributed by atoms with Crippen molar-refractivity contribution in [1.29, 1.82) is 0 Å². The summed E-state index contributed by atoms with van der Waals surface area (Å²) in [6.07, 6.45) is 10.9. The Bertz CT molecular complexity index is 280. The zero-order valence-electron chi connectivity index (χ0n) is 7.22. The number of allylic oxidation sites excluding steroid dienone is 2. The molecular weight excluding hydrogens is 164 g/mol. The molecular formula is C9H12N4. The summed E-state index contributed by atoms with van der Waals surface area (Å²) in [6, 6.07) is 0.0417. The number of rotatable bonds is 0. The zero-order chi connectivity index (χ0) is 9.52. The molecule has 4 heteroatoms. The molecule has 4 nitrogen and oxygen atoms in total. The van der Waals surface area contributed by atoms with E-state index >= 15 is 0 Å². The Morgan fingerprint density at radius 3 is 2.62 bits per heavy atom. The minimum absolute atomic E-state index is 0.0417. The van der Waals surface area contributed by atoms with Gasteiger partial charge in [0, 0.05) is 12.2 Å². The molecule has 1 aromatic heterocycles. The van der Waals surface area contributed by atoms with Gasteiger partial charge in [0.15, 0.2) is 0 Å². The lowest BCUT2D eigenvalue weighted by molar-refractivity contribution is 0.940. The quantitative estimate of drug-likeness (QED) is 0.614. The van der Waals surface area contributed by atoms with Crippen molar-refractivity contribution < 1.29 is 0 Å². The Kier molecular flexibility index (Phi) is 3.66. The largest absolute Gasteiger partial charge is 0.321 e. The first-order valence-electron chi connectivity index (χ1n) is 3.90. The van der Waals surface area contributed by atoms with Crippen molar-refractivity contribution in [3.8, 4) is 0 Å². The molecule has 0 amide bonds. The van der Waals surface area contributed by atoms with Crippen LogP contribution >= 0.6 is 0 Å². The first kappa shape index (κ1) is 9.41. The molecule has 0 fully saturated rings. The normalized spacial score (nSPS) is 19.5. The van der Waals surface area contributed by atoms with Gasteiger partial charge in [0.1, 0.15) is 0 Å². The van der Waals surface area contributed by atoms with Crippen LogP contribution in [0.2, 0.25) is 0 Å². The predicted octanol–water partition coefficient (Wildman–Crippen LogP) is 0.801. The summed E-state index contributed by atoms with van der Waals surface area (Å²) in [4.78, 5) is 0. The van der Waals surface area contributed by atoms with Crippen LogP contribution in [0.15, 0.2) is 48.8 Å². The van der Waals surface area contributed by atoms with Gasteiger partial charge >= 0.3 is 0 Å². The van der Waals surface area contributed by atoms with Gasteiger partial charge in [0.2, 0.25) is 0 Å². The van der Waals surface area contributed by atoms with Gasteiger partial charge in [0.05, 0.1) is 6.20 Å². The predicted molar refractivity (Wildman–Crippen MR) is 51.8 cm³/mol. The summed E-state index contributed by atoms with van der Waals surface area (Å²) in [5.74, 6) is 0. The van der Waals surface area contributed by atoms with Crippen molar-refractivity contribution in [3.63, 3.8) is 0 Å². The van der Waals surface area contributed by atoms with Crippen molar-refractivity contribution in [1.82, 2.24) is 15.4 Å². The van der Waals surface area contributed by atoms with Gasteiger partial charge in [0.25, 0.3) is 0 Å². The van der Waals surface area contributed by atoms with Crippen LogP contribution in [-0.2, 0) is 0 Å². The number of hydrogen-bond donors (Lipinski definition) is 2. The smallest absolute Gasteiger partial charge is 0.0690 e. The Labute approximate surface area is 76.8 Å². The van der Waals surface area contributed by atoms with E-state index in [1.807, 2.05) is 24.3 Å². The van der Waals surface area contributed by atoms with E-state index in [0.717, 1.165) is 5.57 Å². The minimum Gasteiger partial charge on any atom is -0.321 e. The fourth-order valence-corrected chi connectivity index (χ4v) is 0.764. The number of nitrogens with one attached hydrogen (secondary N) is 1. The molecule has 1 heterocycles. The van der Waals surface area contributed by atoms with E-state index in [-0.39, 0.29) is 6.04 Å². The van der Waals surface area contributed by atoms with Crippen LogP contribution in [0, 0.1) is 0 Å². The summed E-state index contributed by atoms with van der Waals surface area (Å²) < 4.78 is 0. The molecule has 68 valence electrons. The summed E-state index contributed by atoms with van der Waals surface area (Å²) in [5, 5.41) is 9.26. The van der Waals surface area contributed by atoms with Crippen LogP contribution in [0.5, 0.6) is 0 Å². The molecule has 13 heavy (non-hydrogen) atoms. The van der Waals surface area contributed by atoms with Crippen LogP contribution in [0.3, 0.4) is 0 Å². The Balaban J connectivity index is 0.000000145. The molecule has 3 N–H and O–H groups in total. The van der Waals surface area contributed by atoms with Crippen LogP contribution in [-0.4, -0.2) is 21.5 Å². The van der Waals surface area contributed by atoms with Gasteiger partial charge in [-0.2, -0.15) is 0 Å². The third-order valence-corrected chi connectivity index (χ3v) is 1.50. The summed E-state index contributed by atoms with van der Waals surface area (Å²) in [6.45, 7) is 3.73. The Hall–Kier alpha value is -1.68. The highest BCUT2D eigenvalue weighted by Gasteiger charge is 1.99. The molecule has 1 atom stereocenters. The molecule has 1 aromatic rings. The number of aromatic nitrogens is 3. The van der Waals surface area contributed by atoms with Crippen LogP contribution in [0.4, 0.5) is 0 Å². The fraction of sp³-hybridized carbons (Fsp3) is 0.111. The molecule has 1 aliphatic rings. The van der Waals surface area contributed by atoms with Gasteiger partial charge in [-0.1, -0.05) is 36.1 Å². The Morgan fingerprint density at radius 2 is 2.31 bits per heavy atom. The van der Waals surface area contributed by atoms with Gasteiger partial charge in [-0.05, 0) is 5.57 Å². The van der Waals surface area contributed by atoms with Gasteiger partial charge in [-0.3, -0.25) is 5.10 Å². The third kappa shape index (κ3) is 3.48. The number of hydrogen-bond acceptors (Lipinski definition) is 3. The van der Waals surface area contributed by atoms with E-state index in [1.54, 1.807) is 12.4 Å². The molecule has 0 radical (unpaired) electrons. The summed E-state index contributed by atoms with van der Waals surface area (Å²) in [7, 11) is 0. The second kappa shape index (κ2) is 5.05. The van der Waals surface area contributed by atoms with E-state index in [9.17, 15) is 0 Å². The highest BCUT2D eigenvalue weighted by atomic mass is 15.3. The van der Waals surface area contributed by atoms with Crippen molar-refractivity contribution in [2.45, 2.75) is 6.04 Å². The maximum Gasteiger partial charge on any atom is 0.0690 e. The molecule has 0 saturated carbocycles. The number of nitrogens with two attached hydrogens (primary N) is 1. The SMILES string of the molecule is C=C1C=CC=CC1N.c1c[nH]nn1. The van der Waals surface area contributed by atoms with Crippen molar-refractivity contribution >= 4 is 0 Å². The highest BCUT2D eigenvalue weighted by molar-refractivity contribution is 5.33. The molecule has 0 aromatic carbocycles. The first-order valence-corrected chi connectivity index (χ1v) is 3.90. The molecule has 0 spiro atoms. The van der Waals surface area contributed by atoms with Crippen LogP contribution in [0.1, 0.15) is 0 Å². The average Bonchev–Trinajstić information content (AvgIpc) is 2.68.